The second-order valence-corrected chi connectivity index (χ2v) is 5.23. The number of fused-ring (bicyclic) bond motifs is 2. The number of ether oxygens (including phenoxy) is 2. The fourth-order valence-electron chi connectivity index (χ4n) is 3.05. The largest absolute Gasteiger partial charge is 0.393 e. The van der Waals surface area contributed by atoms with Crippen LogP contribution in [0.25, 0.3) is 0 Å². The van der Waals surface area contributed by atoms with Crippen molar-refractivity contribution in [3.8, 4) is 0 Å². The molecule has 3 heterocycles. The Bertz CT molecular complexity index is 312. The van der Waals surface area contributed by atoms with Gasteiger partial charge in [-0.05, 0) is 0 Å². The van der Waals surface area contributed by atoms with Gasteiger partial charge in [-0.25, -0.2) is 0 Å². The summed E-state index contributed by atoms with van der Waals surface area (Å²) in [7, 11) is 0. The van der Waals surface area contributed by atoms with E-state index in [-0.39, 0.29) is 19.3 Å². The van der Waals surface area contributed by atoms with Crippen LogP contribution in [0.3, 0.4) is 0 Å². The van der Waals surface area contributed by atoms with E-state index in [0.29, 0.717) is 0 Å². The van der Waals surface area contributed by atoms with Gasteiger partial charge in [0.15, 0.2) is 6.29 Å². The Labute approximate surface area is 105 Å². The van der Waals surface area contributed by atoms with Crippen LogP contribution >= 0.6 is 0 Å². The Hall–Kier alpha value is -0.280. The van der Waals surface area contributed by atoms with Gasteiger partial charge in [-0.2, -0.15) is 0 Å². The standard InChI is InChI=1S/C11H20N2O5/c14-5-11-6-17-10(18-11)7(8(15)9(11)16)13-3-1-12-2-4-13/h7-10,12,14-16H,1-6H2/t7-,8-,9-,10+,11+/m1/s1. The van der Waals surface area contributed by atoms with Crippen molar-refractivity contribution in [2.24, 2.45) is 0 Å². The van der Waals surface area contributed by atoms with Crippen molar-refractivity contribution in [2.45, 2.75) is 30.1 Å². The van der Waals surface area contributed by atoms with Crippen LogP contribution in [-0.4, -0.2) is 89.8 Å². The average molecular weight is 260 g/mol. The predicted molar refractivity (Wildman–Crippen MR) is 60.9 cm³/mol. The number of hydrogen-bond acceptors (Lipinski definition) is 7. The van der Waals surface area contributed by atoms with Gasteiger partial charge in [0.1, 0.15) is 17.8 Å². The summed E-state index contributed by atoms with van der Waals surface area (Å²) in [6, 6.07) is -0.371. The Morgan fingerprint density at radius 1 is 1.28 bits per heavy atom. The van der Waals surface area contributed by atoms with Crippen molar-refractivity contribution in [1.29, 1.82) is 0 Å². The zero-order valence-electron chi connectivity index (χ0n) is 10.2. The molecule has 7 heteroatoms. The molecule has 4 N–H and O–H groups in total. The van der Waals surface area contributed by atoms with Crippen LogP contribution in [0, 0.1) is 0 Å². The second-order valence-electron chi connectivity index (χ2n) is 5.23. The number of aliphatic hydroxyl groups excluding tert-OH is 3. The molecule has 0 aliphatic carbocycles. The van der Waals surface area contributed by atoms with Gasteiger partial charge in [0.05, 0.1) is 19.3 Å². The first-order valence-corrected chi connectivity index (χ1v) is 6.39. The lowest BCUT2D eigenvalue weighted by molar-refractivity contribution is -0.252. The molecule has 0 radical (unpaired) electrons. The molecular formula is C11H20N2O5. The highest BCUT2D eigenvalue weighted by atomic mass is 16.7. The highest BCUT2D eigenvalue weighted by Crippen LogP contribution is 2.38. The lowest BCUT2D eigenvalue weighted by Crippen LogP contribution is -2.67. The molecule has 3 rings (SSSR count). The third-order valence-corrected chi connectivity index (χ3v) is 4.17. The summed E-state index contributed by atoms with van der Waals surface area (Å²) in [6.07, 6.45) is -2.66. The van der Waals surface area contributed by atoms with E-state index in [1.54, 1.807) is 0 Å². The maximum atomic E-state index is 10.3. The van der Waals surface area contributed by atoms with Crippen LogP contribution in [0.5, 0.6) is 0 Å². The van der Waals surface area contributed by atoms with Gasteiger partial charge in [-0.1, -0.05) is 0 Å². The molecule has 2 bridgehead atoms. The van der Waals surface area contributed by atoms with Crippen LogP contribution in [0.2, 0.25) is 0 Å². The normalized spacial score (nSPS) is 49.5. The first-order chi connectivity index (χ1) is 8.68. The second kappa shape index (κ2) is 4.68. The van der Waals surface area contributed by atoms with Crippen LogP contribution in [0.4, 0.5) is 0 Å². The van der Waals surface area contributed by atoms with E-state index in [4.69, 9.17) is 9.47 Å². The van der Waals surface area contributed by atoms with E-state index >= 15 is 0 Å². The molecule has 18 heavy (non-hydrogen) atoms. The van der Waals surface area contributed by atoms with Gasteiger partial charge in [0.25, 0.3) is 0 Å². The number of nitrogens with zero attached hydrogens (tertiary/aromatic N) is 1. The Balaban J connectivity index is 1.80. The minimum atomic E-state index is -1.16. The fourth-order valence-corrected chi connectivity index (χ4v) is 3.05. The number of aliphatic hydroxyl groups is 3. The third kappa shape index (κ3) is 1.78. The molecule has 3 aliphatic rings. The summed E-state index contributed by atoms with van der Waals surface area (Å²) >= 11 is 0. The zero-order valence-corrected chi connectivity index (χ0v) is 10.2. The quantitative estimate of drug-likeness (QED) is 0.423. The topological polar surface area (TPSA) is 94.4 Å². The van der Waals surface area contributed by atoms with E-state index in [9.17, 15) is 15.3 Å². The Morgan fingerprint density at radius 2 is 2.00 bits per heavy atom. The molecule has 0 aromatic rings. The van der Waals surface area contributed by atoms with Crippen LogP contribution in [-0.2, 0) is 9.47 Å². The Morgan fingerprint density at radius 3 is 2.67 bits per heavy atom. The van der Waals surface area contributed by atoms with Crippen molar-refractivity contribution in [3.05, 3.63) is 0 Å². The number of rotatable bonds is 2. The summed E-state index contributed by atoms with van der Waals surface area (Å²) in [5.41, 5.74) is -1.16. The number of hydrogen-bond donors (Lipinski definition) is 4. The van der Waals surface area contributed by atoms with Crippen LogP contribution in [0.1, 0.15) is 0 Å². The molecule has 3 saturated heterocycles. The summed E-state index contributed by atoms with van der Waals surface area (Å²) < 4.78 is 11.2. The maximum absolute atomic E-state index is 10.3. The SMILES string of the molecule is OC[C@@]12CO[C@@H](O1)[C@H](N1CCNCC1)[C@@H](O)[C@H]2O. The number of nitrogens with one attached hydrogen (secondary N) is 1. The Kier molecular flexibility index (Phi) is 3.31. The van der Waals surface area contributed by atoms with Crippen LogP contribution < -0.4 is 5.32 Å². The predicted octanol–water partition coefficient (Wildman–Crippen LogP) is -2.90. The maximum Gasteiger partial charge on any atom is 0.176 e. The van der Waals surface area contributed by atoms with Crippen molar-refractivity contribution >= 4 is 0 Å². The molecular weight excluding hydrogens is 240 g/mol. The van der Waals surface area contributed by atoms with Gasteiger partial charge in [0.2, 0.25) is 0 Å². The molecule has 0 unspecified atom stereocenters. The first-order valence-electron chi connectivity index (χ1n) is 6.39. The molecule has 3 aliphatic heterocycles. The molecule has 104 valence electrons. The van der Waals surface area contributed by atoms with E-state index in [0.717, 1.165) is 26.2 Å². The van der Waals surface area contributed by atoms with E-state index < -0.39 is 24.1 Å². The van der Waals surface area contributed by atoms with Gasteiger partial charge in [0, 0.05) is 26.2 Å². The molecule has 5 atom stereocenters. The lowest BCUT2D eigenvalue weighted by atomic mass is 9.87. The van der Waals surface area contributed by atoms with E-state index in [1.165, 1.54) is 0 Å². The van der Waals surface area contributed by atoms with Crippen molar-refractivity contribution in [2.75, 3.05) is 39.4 Å². The lowest BCUT2D eigenvalue weighted by Gasteiger charge is -2.46. The molecule has 0 saturated carbocycles. The zero-order chi connectivity index (χ0) is 12.8. The van der Waals surface area contributed by atoms with E-state index in [2.05, 4.69) is 10.2 Å². The fraction of sp³-hybridized carbons (Fsp3) is 1.00. The highest BCUT2D eigenvalue weighted by Gasteiger charge is 2.60. The summed E-state index contributed by atoms with van der Waals surface area (Å²) in [4.78, 5) is 2.07. The van der Waals surface area contributed by atoms with Gasteiger partial charge < -0.3 is 30.1 Å². The smallest absolute Gasteiger partial charge is 0.176 e. The molecule has 0 amide bonds. The van der Waals surface area contributed by atoms with E-state index in [1.807, 2.05) is 0 Å². The minimum absolute atomic E-state index is 0.120. The molecule has 0 spiro atoms. The minimum Gasteiger partial charge on any atom is -0.393 e. The average Bonchev–Trinajstić information content (AvgIpc) is 2.80. The van der Waals surface area contributed by atoms with Crippen molar-refractivity contribution in [3.63, 3.8) is 0 Å². The van der Waals surface area contributed by atoms with Crippen LogP contribution in [0.15, 0.2) is 0 Å². The number of piperazine rings is 1. The summed E-state index contributed by atoms with van der Waals surface area (Å²) in [5, 5.41) is 33.0. The van der Waals surface area contributed by atoms with Gasteiger partial charge >= 0.3 is 0 Å². The van der Waals surface area contributed by atoms with Crippen molar-refractivity contribution < 1.29 is 24.8 Å². The summed E-state index contributed by atoms with van der Waals surface area (Å²) in [5.74, 6) is 0. The molecule has 0 aromatic carbocycles. The molecule has 0 aromatic heterocycles. The van der Waals surface area contributed by atoms with Crippen molar-refractivity contribution in [1.82, 2.24) is 10.2 Å². The van der Waals surface area contributed by atoms with Gasteiger partial charge in [-0.15, -0.1) is 0 Å². The summed E-state index contributed by atoms with van der Waals surface area (Å²) in [6.45, 7) is 3.02. The first kappa shape index (κ1) is 12.7. The van der Waals surface area contributed by atoms with Gasteiger partial charge in [-0.3, -0.25) is 4.90 Å². The highest BCUT2D eigenvalue weighted by molar-refractivity contribution is 5.06. The molecule has 3 fully saturated rings. The molecule has 7 nitrogen and oxygen atoms in total. The third-order valence-electron chi connectivity index (χ3n) is 4.17. The monoisotopic (exact) mass is 260 g/mol.